The first kappa shape index (κ1) is 19.9. The van der Waals surface area contributed by atoms with Gasteiger partial charge in [0.15, 0.2) is 0 Å². The lowest BCUT2D eigenvalue weighted by Crippen LogP contribution is -2.61. The number of benzene rings is 2. The highest BCUT2D eigenvalue weighted by atomic mass is 32.1. The molecule has 31 heavy (non-hydrogen) atoms. The van der Waals surface area contributed by atoms with Crippen LogP contribution in [0.5, 0.6) is 5.75 Å². The van der Waals surface area contributed by atoms with Gasteiger partial charge in [0.1, 0.15) is 11.4 Å². The van der Waals surface area contributed by atoms with E-state index in [1.165, 1.54) is 0 Å². The molecule has 3 aromatic rings. The van der Waals surface area contributed by atoms with Gasteiger partial charge in [-0.25, -0.2) is 4.79 Å². The number of carbonyl (C=O) groups is 2. The van der Waals surface area contributed by atoms with E-state index < -0.39 is 5.60 Å². The monoisotopic (exact) mass is 436 g/mol. The Morgan fingerprint density at radius 2 is 1.87 bits per heavy atom. The van der Waals surface area contributed by atoms with E-state index in [9.17, 15) is 14.7 Å². The van der Waals surface area contributed by atoms with Crippen LogP contribution < -0.4 is 0 Å². The van der Waals surface area contributed by atoms with Crippen LogP contribution in [-0.4, -0.2) is 51.6 Å². The minimum absolute atomic E-state index is 0.01000. The summed E-state index contributed by atoms with van der Waals surface area (Å²) < 4.78 is 5.40. The van der Waals surface area contributed by atoms with Crippen molar-refractivity contribution in [2.45, 2.75) is 39.0 Å². The molecule has 5 rings (SSSR count). The van der Waals surface area contributed by atoms with Crippen molar-refractivity contribution in [2.24, 2.45) is 0 Å². The molecule has 0 atom stereocenters. The van der Waals surface area contributed by atoms with Crippen molar-refractivity contribution >= 4 is 34.1 Å². The Morgan fingerprint density at radius 1 is 1.13 bits per heavy atom. The van der Waals surface area contributed by atoms with E-state index in [2.05, 4.69) is 0 Å². The highest BCUT2D eigenvalue weighted by Gasteiger charge is 2.42. The Labute approximate surface area is 184 Å². The average Bonchev–Trinajstić information content (AvgIpc) is 3.18. The van der Waals surface area contributed by atoms with Crippen LogP contribution in [0, 0.1) is 0 Å². The Bertz CT molecular complexity index is 1200. The van der Waals surface area contributed by atoms with Gasteiger partial charge in [0, 0.05) is 28.4 Å². The van der Waals surface area contributed by atoms with Crippen LogP contribution in [0.3, 0.4) is 0 Å². The summed E-state index contributed by atoms with van der Waals surface area (Å²) in [5, 5.41) is 12.2. The summed E-state index contributed by atoms with van der Waals surface area (Å²) >= 11 is 1.59. The van der Waals surface area contributed by atoms with Gasteiger partial charge in [-0.05, 0) is 49.7 Å². The van der Waals surface area contributed by atoms with Gasteiger partial charge >= 0.3 is 6.09 Å². The standard InChI is InChI=1S/C24H24N2O4S/c1-24(2,3)30-23(29)25-11-15(12-25)26-13-21-19(22(26)28)10-20(31-21)18-9-16(27)8-14-6-4-5-7-17(14)18/h4-10,15,27H,11-13H2,1-3H3. The number of carbonyl (C=O) groups excluding carboxylic acids is 2. The number of phenols is 1. The minimum Gasteiger partial charge on any atom is -0.508 e. The number of likely N-dealkylation sites (tertiary alicyclic amines) is 1. The van der Waals surface area contributed by atoms with Crippen molar-refractivity contribution < 1.29 is 19.4 Å². The Morgan fingerprint density at radius 3 is 2.58 bits per heavy atom. The van der Waals surface area contributed by atoms with Gasteiger partial charge in [-0.2, -0.15) is 0 Å². The molecule has 160 valence electrons. The molecule has 0 unspecified atom stereocenters. The van der Waals surface area contributed by atoms with Crippen LogP contribution in [0.2, 0.25) is 0 Å². The third-order valence-corrected chi connectivity index (χ3v) is 6.83. The lowest BCUT2D eigenvalue weighted by Gasteiger charge is -2.43. The first-order valence-electron chi connectivity index (χ1n) is 10.3. The van der Waals surface area contributed by atoms with Crippen molar-refractivity contribution in [3.63, 3.8) is 0 Å². The fourth-order valence-electron chi connectivity index (χ4n) is 4.16. The van der Waals surface area contributed by atoms with Gasteiger partial charge in [-0.1, -0.05) is 24.3 Å². The van der Waals surface area contributed by atoms with E-state index in [0.717, 1.165) is 31.7 Å². The number of rotatable bonds is 2. The number of fused-ring (bicyclic) bond motifs is 2. The fraction of sp³-hybridized carbons (Fsp3) is 0.333. The number of ether oxygens (including phenoxy) is 1. The summed E-state index contributed by atoms with van der Waals surface area (Å²) in [7, 11) is 0. The van der Waals surface area contributed by atoms with Gasteiger partial charge < -0.3 is 19.6 Å². The van der Waals surface area contributed by atoms with Crippen LogP contribution in [0.4, 0.5) is 4.79 Å². The molecule has 1 N–H and O–H groups in total. The third kappa shape index (κ3) is 3.53. The van der Waals surface area contributed by atoms with E-state index >= 15 is 0 Å². The summed E-state index contributed by atoms with van der Waals surface area (Å²) in [5.41, 5.74) is 1.14. The zero-order chi connectivity index (χ0) is 21.9. The molecular formula is C24H24N2O4S. The number of thiophene rings is 1. The zero-order valence-electron chi connectivity index (χ0n) is 17.7. The summed E-state index contributed by atoms with van der Waals surface area (Å²) in [6, 6.07) is 13.4. The normalized spacial score (nSPS) is 16.5. The summed E-state index contributed by atoms with van der Waals surface area (Å²) in [5.74, 6) is 0.225. The molecule has 3 heterocycles. The van der Waals surface area contributed by atoms with Gasteiger partial charge in [-0.15, -0.1) is 11.3 Å². The van der Waals surface area contributed by atoms with Crippen LogP contribution in [0.25, 0.3) is 21.2 Å². The van der Waals surface area contributed by atoms with Gasteiger partial charge in [0.05, 0.1) is 18.2 Å². The summed E-state index contributed by atoms with van der Waals surface area (Å²) in [6.45, 7) is 7.09. The number of amides is 2. The van der Waals surface area contributed by atoms with Crippen molar-refractivity contribution in [1.82, 2.24) is 9.80 Å². The number of phenolic OH excluding ortho intramolecular Hbond substituents is 1. The van der Waals surface area contributed by atoms with Crippen molar-refractivity contribution in [2.75, 3.05) is 13.1 Å². The maximum atomic E-state index is 13.1. The predicted molar refractivity (Wildman–Crippen MR) is 120 cm³/mol. The molecule has 1 aromatic heterocycles. The van der Waals surface area contributed by atoms with Crippen molar-refractivity contribution in [3.05, 3.63) is 52.9 Å². The Hall–Kier alpha value is -3.06. The molecule has 1 fully saturated rings. The average molecular weight is 437 g/mol. The Kier molecular flexibility index (Phi) is 4.48. The van der Waals surface area contributed by atoms with E-state index in [-0.39, 0.29) is 23.8 Å². The summed E-state index contributed by atoms with van der Waals surface area (Å²) in [4.78, 5) is 30.7. The van der Waals surface area contributed by atoms with Gasteiger partial charge in [0.25, 0.3) is 5.91 Å². The van der Waals surface area contributed by atoms with E-state index in [1.807, 2.05) is 56.0 Å². The SMILES string of the molecule is CC(C)(C)OC(=O)N1CC(N2Cc3sc(-c4cc(O)cc5ccccc45)cc3C2=O)C1. The number of aromatic hydroxyl groups is 1. The lowest BCUT2D eigenvalue weighted by atomic mass is 10.0. The maximum absolute atomic E-state index is 13.1. The second-order valence-corrected chi connectivity index (χ2v) is 10.3. The highest BCUT2D eigenvalue weighted by Crippen LogP contribution is 2.41. The van der Waals surface area contributed by atoms with Crippen molar-refractivity contribution in [3.8, 4) is 16.2 Å². The van der Waals surface area contributed by atoms with E-state index in [1.54, 1.807) is 28.4 Å². The molecule has 1 saturated heterocycles. The third-order valence-electron chi connectivity index (χ3n) is 5.68. The molecule has 0 saturated carbocycles. The summed E-state index contributed by atoms with van der Waals surface area (Å²) in [6.07, 6.45) is -0.330. The fourth-order valence-corrected chi connectivity index (χ4v) is 5.34. The first-order valence-corrected chi connectivity index (χ1v) is 11.1. The largest absolute Gasteiger partial charge is 0.508 e. The van der Waals surface area contributed by atoms with Crippen LogP contribution in [0.1, 0.15) is 36.0 Å². The highest BCUT2D eigenvalue weighted by molar-refractivity contribution is 7.16. The molecule has 2 aliphatic rings. The van der Waals surface area contributed by atoms with Crippen molar-refractivity contribution in [1.29, 1.82) is 0 Å². The molecule has 0 radical (unpaired) electrons. The number of hydrogen-bond acceptors (Lipinski definition) is 5. The zero-order valence-corrected chi connectivity index (χ0v) is 18.5. The second-order valence-electron chi connectivity index (χ2n) is 9.13. The Balaban J connectivity index is 1.33. The van der Waals surface area contributed by atoms with Crippen LogP contribution in [-0.2, 0) is 11.3 Å². The van der Waals surface area contributed by atoms with E-state index in [0.29, 0.717) is 19.6 Å². The van der Waals surface area contributed by atoms with Crippen LogP contribution >= 0.6 is 11.3 Å². The predicted octanol–water partition coefficient (Wildman–Crippen LogP) is 4.85. The lowest BCUT2D eigenvalue weighted by molar-refractivity contribution is -0.0124. The maximum Gasteiger partial charge on any atom is 0.410 e. The molecule has 0 aliphatic carbocycles. The topological polar surface area (TPSA) is 70.1 Å². The quantitative estimate of drug-likeness (QED) is 0.624. The smallest absolute Gasteiger partial charge is 0.410 e. The molecule has 7 heteroatoms. The van der Waals surface area contributed by atoms with Gasteiger partial charge in [0.2, 0.25) is 0 Å². The molecule has 2 amide bonds. The molecule has 2 aromatic carbocycles. The molecular weight excluding hydrogens is 412 g/mol. The second kappa shape index (κ2) is 6.99. The number of nitrogens with zero attached hydrogens (tertiary/aromatic N) is 2. The van der Waals surface area contributed by atoms with E-state index in [4.69, 9.17) is 4.74 Å². The molecule has 6 nitrogen and oxygen atoms in total. The van der Waals surface area contributed by atoms with Crippen LogP contribution in [0.15, 0.2) is 42.5 Å². The number of hydrogen-bond donors (Lipinski definition) is 1. The molecule has 0 bridgehead atoms. The van der Waals surface area contributed by atoms with Gasteiger partial charge in [-0.3, -0.25) is 4.79 Å². The molecule has 0 spiro atoms. The first-order chi connectivity index (χ1) is 14.7. The minimum atomic E-state index is -0.526. The molecule has 2 aliphatic heterocycles.